The third-order valence-corrected chi connectivity index (χ3v) is 2.12. The van der Waals surface area contributed by atoms with Gasteiger partial charge in [-0.1, -0.05) is 24.8 Å². The summed E-state index contributed by atoms with van der Waals surface area (Å²) in [5.74, 6) is 0.801. The van der Waals surface area contributed by atoms with Crippen molar-refractivity contribution in [1.82, 2.24) is 0 Å². The SMILES string of the molecule is C=CCOc1ccc(C(N)CCO)cc1.Cl. The number of ether oxygens (including phenoxy) is 1. The lowest BCUT2D eigenvalue weighted by Gasteiger charge is -2.11. The molecule has 0 amide bonds. The molecule has 0 fully saturated rings. The average Bonchev–Trinajstić information content (AvgIpc) is 2.27. The zero-order valence-electron chi connectivity index (χ0n) is 9.13. The lowest BCUT2D eigenvalue weighted by atomic mass is 10.1. The molecule has 1 aromatic carbocycles. The fraction of sp³-hybridized carbons (Fsp3) is 0.333. The van der Waals surface area contributed by atoms with E-state index in [1.54, 1.807) is 6.08 Å². The molecule has 3 N–H and O–H groups in total. The van der Waals surface area contributed by atoms with Crippen molar-refractivity contribution in [3.63, 3.8) is 0 Å². The van der Waals surface area contributed by atoms with E-state index in [9.17, 15) is 0 Å². The van der Waals surface area contributed by atoms with E-state index in [-0.39, 0.29) is 25.1 Å². The van der Waals surface area contributed by atoms with E-state index in [0.717, 1.165) is 11.3 Å². The number of hydrogen-bond acceptors (Lipinski definition) is 3. The molecule has 0 radical (unpaired) electrons. The Labute approximate surface area is 102 Å². The first-order chi connectivity index (χ1) is 7.27. The van der Waals surface area contributed by atoms with Gasteiger partial charge in [-0.2, -0.15) is 0 Å². The summed E-state index contributed by atoms with van der Waals surface area (Å²) in [6.45, 7) is 4.18. The highest BCUT2D eigenvalue weighted by atomic mass is 35.5. The minimum absolute atomic E-state index is 0. The lowest BCUT2D eigenvalue weighted by molar-refractivity contribution is 0.276. The standard InChI is InChI=1S/C12H17NO2.ClH/c1-2-9-15-11-5-3-10(4-6-11)12(13)7-8-14;/h2-6,12,14H,1,7-9,13H2;1H. The van der Waals surface area contributed by atoms with Gasteiger partial charge in [0.15, 0.2) is 0 Å². The molecule has 1 unspecified atom stereocenters. The first kappa shape index (κ1) is 15.0. The second-order valence-electron chi connectivity index (χ2n) is 3.29. The van der Waals surface area contributed by atoms with Crippen molar-refractivity contribution in [2.45, 2.75) is 12.5 Å². The molecular formula is C12H18ClNO2. The topological polar surface area (TPSA) is 55.5 Å². The van der Waals surface area contributed by atoms with Crippen molar-refractivity contribution >= 4 is 12.4 Å². The molecule has 16 heavy (non-hydrogen) atoms. The molecule has 0 aliphatic heterocycles. The molecule has 0 bridgehead atoms. The Morgan fingerprint density at radius 3 is 2.50 bits per heavy atom. The predicted molar refractivity (Wildman–Crippen MR) is 68.0 cm³/mol. The van der Waals surface area contributed by atoms with Gasteiger partial charge in [0, 0.05) is 12.6 Å². The predicted octanol–water partition coefficient (Wildman–Crippen LogP) is 2.06. The van der Waals surface area contributed by atoms with Gasteiger partial charge >= 0.3 is 0 Å². The molecule has 1 atom stereocenters. The summed E-state index contributed by atoms with van der Waals surface area (Å²) in [6, 6.07) is 7.47. The third-order valence-electron chi connectivity index (χ3n) is 2.12. The molecule has 0 aliphatic rings. The number of hydrogen-bond donors (Lipinski definition) is 2. The maximum atomic E-state index is 8.75. The van der Waals surface area contributed by atoms with Crippen LogP contribution in [0, 0.1) is 0 Å². The number of nitrogens with two attached hydrogens (primary N) is 1. The molecule has 1 rings (SSSR count). The van der Waals surface area contributed by atoms with Crippen LogP contribution < -0.4 is 10.5 Å². The fourth-order valence-electron chi connectivity index (χ4n) is 1.27. The number of aliphatic hydroxyl groups is 1. The Kier molecular flexibility index (Phi) is 7.64. The Bertz CT molecular complexity index is 300. The van der Waals surface area contributed by atoms with E-state index >= 15 is 0 Å². The van der Waals surface area contributed by atoms with Crippen LogP contribution in [-0.2, 0) is 0 Å². The van der Waals surface area contributed by atoms with Crippen molar-refractivity contribution in [1.29, 1.82) is 0 Å². The van der Waals surface area contributed by atoms with E-state index in [4.69, 9.17) is 15.6 Å². The maximum absolute atomic E-state index is 8.75. The van der Waals surface area contributed by atoms with Crippen molar-refractivity contribution in [3.8, 4) is 5.75 Å². The van der Waals surface area contributed by atoms with E-state index < -0.39 is 0 Å². The summed E-state index contributed by atoms with van der Waals surface area (Å²) in [4.78, 5) is 0. The van der Waals surface area contributed by atoms with Crippen molar-refractivity contribution in [3.05, 3.63) is 42.5 Å². The van der Waals surface area contributed by atoms with Gasteiger partial charge in [0.05, 0.1) is 0 Å². The Morgan fingerprint density at radius 1 is 1.38 bits per heavy atom. The van der Waals surface area contributed by atoms with E-state index in [1.165, 1.54) is 0 Å². The van der Waals surface area contributed by atoms with Crippen LogP contribution in [0.15, 0.2) is 36.9 Å². The minimum Gasteiger partial charge on any atom is -0.490 e. The van der Waals surface area contributed by atoms with Crippen molar-refractivity contribution < 1.29 is 9.84 Å². The second-order valence-corrected chi connectivity index (χ2v) is 3.29. The molecule has 0 spiro atoms. The highest BCUT2D eigenvalue weighted by Crippen LogP contribution is 2.18. The zero-order chi connectivity index (χ0) is 11.1. The Balaban J connectivity index is 0.00000225. The van der Waals surface area contributed by atoms with E-state index in [0.29, 0.717) is 13.0 Å². The monoisotopic (exact) mass is 243 g/mol. The van der Waals surface area contributed by atoms with Gasteiger partial charge in [-0.15, -0.1) is 12.4 Å². The summed E-state index contributed by atoms with van der Waals surface area (Å²) >= 11 is 0. The van der Waals surface area contributed by atoms with Crippen molar-refractivity contribution in [2.24, 2.45) is 5.73 Å². The highest BCUT2D eigenvalue weighted by molar-refractivity contribution is 5.85. The number of halogens is 1. The smallest absolute Gasteiger partial charge is 0.119 e. The zero-order valence-corrected chi connectivity index (χ0v) is 9.95. The molecule has 90 valence electrons. The molecule has 4 heteroatoms. The third kappa shape index (κ3) is 4.66. The molecule has 0 saturated heterocycles. The molecule has 0 heterocycles. The fourth-order valence-corrected chi connectivity index (χ4v) is 1.27. The van der Waals surface area contributed by atoms with Crippen LogP contribution in [0.3, 0.4) is 0 Å². The Hall–Kier alpha value is -1.03. The van der Waals surface area contributed by atoms with Crippen LogP contribution in [0.5, 0.6) is 5.75 Å². The van der Waals surface area contributed by atoms with Crippen LogP contribution in [0.2, 0.25) is 0 Å². The van der Waals surface area contributed by atoms with Gasteiger partial charge in [-0.05, 0) is 24.1 Å². The van der Waals surface area contributed by atoms with Gasteiger partial charge in [0.25, 0.3) is 0 Å². The quantitative estimate of drug-likeness (QED) is 0.752. The molecular weight excluding hydrogens is 226 g/mol. The highest BCUT2D eigenvalue weighted by Gasteiger charge is 2.04. The molecule has 0 aliphatic carbocycles. The summed E-state index contributed by atoms with van der Waals surface area (Å²) in [6.07, 6.45) is 2.28. The normalized spacial score (nSPS) is 11.4. The van der Waals surface area contributed by atoms with Crippen LogP contribution >= 0.6 is 12.4 Å². The van der Waals surface area contributed by atoms with Crippen LogP contribution in [0.4, 0.5) is 0 Å². The van der Waals surface area contributed by atoms with Gasteiger partial charge in [-0.25, -0.2) is 0 Å². The minimum atomic E-state index is -0.108. The largest absolute Gasteiger partial charge is 0.490 e. The number of aliphatic hydroxyl groups excluding tert-OH is 1. The summed E-state index contributed by atoms with van der Waals surface area (Å²) in [5.41, 5.74) is 6.85. The molecule has 3 nitrogen and oxygen atoms in total. The number of rotatable bonds is 6. The second kappa shape index (κ2) is 8.16. The van der Waals surface area contributed by atoms with Gasteiger partial charge in [-0.3, -0.25) is 0 Å². The first-order valence-electron chi connectivity index (χ1n) is 4.98. The van der Waals surface area contributed by atoms with Gasteiger partial charge < -0.3 is 15.6 Å². The van der Waals surface area contributed by atoms with E-state index in [2.05, 4.69) is 6.58 Å². The molecule has 0 aromatic heterocycles. The molecule has 0 saturated carbocycles. The van der Waals surface area contributed by atoms with Crippen LogP contribution in [0.25, 0.3) is 0 Å². The number of benzene rings is 1. The maximum Gasteiger partial charge on any atom is 0.119 e. The summed E-state index contributed by atoms with van der Waals surface area (Å²) < 4.78 is 5.34. The van der Waals surface area contributed by atoms with Crippen molar-refractivity contribution in [2.75, 3.05) is 13.2 Å². The van der Waals surface area contributed by atoms with E-state index in [1.807, 2.05) is 24.3 Å². The van der Waals surface area contributed by atoms with Crippen LogP contribution in [0.1, 0.15) is 18.0 Å². The Morgan fingerprint density at radius 2 is 2.00 bits per heavy atom. The van der Waals surface area contributed by atoms with Gasteiger partial charge in [0.2, 0.25) is 0 Å². The lowest BCUT2D eigenvalue weighted by Crippen LogP contribution is -2.11. The van der Waals surface area contributed by atoms with Crippen LogP contribution in [-0.4, -0.2) is 18.3 Å². The summed E-state index contributed by atoms with van der Waals surface area (Å²) in [5, 5.41) is 8.75. The molecule has 1 aromatic rings. The van der Waals surface area contributed by atoms with Gasteiger partial charge in [0.1, 0.15) is 12.4 Å². The first-order valence-corrected chi connectivity index (χ1v) is 4.98. The average molecular weight is 244 g/mol. The summed E-state index contributed by atoms with van der Waals surface area (Å²) in [7, 11) is 0.